The molecule has 1 N–H and O–H groups in total. The van der Waals surface area contributed by atoms with Crippen molar-refractivity contribution in [2.24, 2.45) is 0 Å². The molecule has 0 aliphatic carbocycles. The summed E-state index contributed by atoms with van der Waals surface area (Å²) < 4.78 is 32.2. The van der Waals surface area contributed by atoms with E-state index in [2.05, 4.69) is 0 Å². The Labute approximate surface area is 95.6 Å². The van der Waals surface area contributed by atoms with E-state index in [4.69, 9.17) is 0 Å². The van der Waals surface area contributed by atoms with Gasteiger partial charge in [-0.1, -0.05) is 12.1 Å². The Balaban J connectivity index is 2.57. The van der Waals surface area contributed by atoms with Gasteiger partial charge in [-0.05, 0) is 31.0 Å². The largest absolute Gasteiger partial charge is 0.353 e. The Hall–Kier alpha value is -1.07. The van der Waals surface area contributed by atoms with Crippen LogP contribution in [0.3, 0.4) is 0 Å². The van der Waals surface area contributed by atoms with Crippen LogP contribution in [0.4, 0.5) is 5.69 Å². The number of hydrogen-bond donors (Lipinski definition) is 1. The van der Waals surface area contributed by atoms with Crippen molar-refractivity contribution in [1.82, 2.24) is 0 Å². The molecule has 2 rings (SSSR count). The number of nitrogens with zero attached hydrogens (tertiary/aromatic N) is 1. The summed E-state index contributed by atoms with van der Waals surface area (Å²) in [5, 5.41) is 0. The van der Waals surface area contributed by atoms with Crippen LogP contribution in [-0.2, 0) is 16.5 Å². The Morgan fingerprint density at radius 1 is 1.44 bits per heavy atom. The molecule has 88 valence electrons. The summed E-state index contributed by atoms with van der Waals surface area (Å²) in [6.45, 7) is 3.49. The molecule has 1 atom stereocenters. The second kappa shape index (κ2) is 3.21. The molecule has 0 saturated carbocycles. The molecule has 1 unspecified atom stereocenters. The smallest absolute Gasteiger partial charge is 0.289 e. The fraction of sp³-hybridized carbons (Fsp3) is 0.455. The van der Waals surface area contributed by atoms with Crippen molar-refractivity contribution in [1.29, 1.82) is 0 Å². The highest BCUT2D eigenvalue weighted by atomic mass is 32.2. The lowest BCUT2D eigenvalue weighted by atomic mass is 10.1. The second-order valence-corrected chi connectivity index (χ2v) is 6.35. The predicted molar refractivity (Wildman–Crippen MR) is 63.2 cm³/mol. The SMILES string of the molecule is Cc1ccc2c(c1)N(C)C(C)(S(=O)(=O)O)C2. The van der Waals surface area contributed by atoms with Gasteiger partial charge in [0, 0.05) is 19.2 Å². The van der Waals surface area contributed by atoms with Crippen molar-refractivity contribution in [3.8, 4) is 0 Å². The molecule has 1 aromatic carbocycles. The highest BCUT2D eigenvalue weighted by molar-refractivity contribution is 7.87. The minimum Gasteiger partial charge on any atom is -0.353 e. The van der Waals surface area contributed by atoms with Gasteiger partial charge in [0.2, 0.25) is 0 Å². The van der Waals surface area contributed by atoms with Crippen LogP contribution in [-0.4, -0.2) is 24.9 Å². The first-order chi connectivity index (χ1) is 7.25. The molecule has 0 radical (unpaired) electrons. The van der Waals surface area contributed by atoms with Gasteiger partial charge in [0.05, 0.1) is 0 Å². The van der Waals surface area contributed by atoms with Gasteiger partial charge in [-0.25, -0.2) is 0 Å². The van der Waals surface area contributed by atoms with Crippen molar-refractivity contribution in [2.75, 3.05) is 11.9 Å². The van der Waals surface area contributed by atoms with E-state index in [0.717, 1.165) is 16.8 Å². The maximum absolute atomic E-state index is 11.4. The fourth-order valence-corrected chi connectivity index (χ4v) is 2.91. The third kappa shape index (κ3) is 1.43. The van der Waals surface area contributed by atoms with Crippen molar-refractivity contribution in [3.63, 3.8) is 0 Å². The number of anilines is 1. The summed E-state index contributed by atoms with van der Waals surface area (Å²) in [5.74, 6) is 0. The minimum atomic E-state index is -4.11. The number of fused-ring (bicyclic) bond motifs is 1. The van der Waals surface area contributed by atoms with E-state index >= 15 is 0 Å². The summed E-state index contributed by atoms with van der Waals surface area (Å²) in [6.07, 6.45) is 0.317. The zero-order valence-corrected chi connectivity index (χ0v) is 10.4. The number of hydrogen-bond acceptors (Lipinski definition) is 3. The molecule has 16 heavy (non-hydrogen) atoms. The Bertz CT molecular complexity index is 538. The van der Waals surface area contributed by atoms with Crippen LogP contribution in [0.2, 0.25) is 0 Å². The number of likely N-dealkylation sites (N-methyl/N-ethyl adjacent to an activating group) is 1. The van der Waals surface area contributed by atoms with Gasteiger partial charge < -0.3 is 4.90 Å². The monoisotopic (exact) mass is 241 g/mol. The van der Waals surface area contributed by atoms with Crippen LogP contribution in [0.1, 0.15) is 18.1 Å². The van der Waals surface area contributed by atoms with Gasteiger partial charge in [0.1, 0.15) is 0 Å². The van der Waals surface area contributed by atoms with Gasteiger partial charge in [-0.15, -0.1) is 0 Å². The zero-order chi connectivity index (χ0) is 12.1. The standard InChI is InChI=1S/C11H15NO3S/c1-8-4-5-9-7-11(2,16(13,14)15)12(3)10(9)6-8/h4-6H,7H2,1-3H3,(H,13,14,15). The molecule has 0 amide bonds. The molecular weight excluding hydrogens is 226 g/mol. The van der Waals surface area contributed by atoms with Crippen LogP contribution in [0.15, 0.2) is 18.2 Å². The molecule has 0 aromatic heterocycles. The number of rotatable bonds is 1. The van der Waals surface area contributed by atoms with E-state index in [1.165, 1.54) is 6.92 Å². The lowest BCUT2D eigenvalue weighted by Gasteiger charge is -2.30. The van der Waals surface area contributed by atoms with E-state index in [9.17, 15) is 13.0 Å². The topological polar surface area (TPSA) is 57.6 Å². The van der Waals surface area contributed by atoms with Crippen molar-refractivity contribution in [3.05, 3.63) is 29.3 Å². The average molecular weight is 241 g/mol. The van der Waals surface area contributed by atoms with Gasteiger partial charge in [-0.3, -0.25) is 4.55 Å². The molecule has 0 spiro atoms. The van der Waals surface area contributed by atoms with Crippen LogP contribution < -0.4 is 4.90 Å². The molecule has 1 aliphatic heterocycles. The first-order valence-electron chi connectivity index (χ1n) is 5.06. The third-order valence-electron chi connectivity index (χ3n) is 3.39. The van der Waals surface area contributed by atoms with Crippen LogP contribution >= 0.6 is 0 Å². The van der Waals surface area contributed by atoms with E-state index in [-0.39, 0.29) is 0 Å². The normalized spacial score (nSPS) is 24.6. The molecule has 1 aliphatic rings. The zero-order valence-electron chi connectivity index (χ0n) is 9.56. The maximum Gasteiger partial charge on any atom is 0.289 e. The van der Waals surface area contributed by atoms with Crippen LogP contribution in [0.5, 0.6) is 0 Å². The average Bonchev–Trinajstić information content (AvgIpc) is 2.41. The lowest BCUT2D eigenvalue weighted by Crippen LogP contribution is -2.48. The number of aryl methyl sites for hydroxylation is 1. The lowest BCUT2D eigenvalue weighted by molar-refractivity contribution is 0.434. The Morgan fingerprint density at radius 3 is 2.62 bits per heavy atom. The molecule has 1 aromatic rings. The first-order valence-corrected chi connectivity index (χ1v) is 6.50. The van der Waals surface area contributed by atoms with Crippen LogP contribution in [0, 0.1) is 6.92 Å². The molecule has 0 fully saturated rings. The highest BCUT2D eigenvalue weighted by Gasteiger charge is 2.47. The number of benzene rings is 1. The maximum atomic E-state index is 11.4. The van der Waals surface area contributed by atoms with E-state index in [0.29, 0.717) is 6.42 Å². The van der Waals surface area contributed by atoms with Crippen LogP contribution in [0.25, 0.3) is 0 Å². The molecular formula is C11H15NO3S. The molecule has 5 heteroatoms. The van der Waals surface area contributed by atoms with Gasteiger partial charge >= 0.3 is 0 Å². The first kappa shape index (κ1) is 11.4. The highest BCUT2D eigenvalue weighted by Crippen LogP contribution is 2.40. The van der Waals surface area contributed by atoms with Gasteiger partial charge in [-0.2, -0.15) is 8.42 Å². The van der Waals surface area contributed by atoms with Gasteiger partial charge in [0.15, 0.2) is 4.87 Å². The minimum absolute atomic E-state index is 0.317. The summed E-state index contributed by atoms with van der Waals surface area (Å²) >= 11 is 0. The van der Waals surface area contributed by atoms with Gasteiger partial charge in [0.25, 0.3) is 10.1 Å². The summed E-state index contributed by atoms with van der Waals surface area (Å²) in [7, 11) is -2.41. The second-order valence-electron chi connectivity index (χ2n) is 4.52. The molecule has 0 saturated heterocycles. The summed E-state index contributed by atoms with van der Waals surface area (Å²) in [5.41, 5.74) is 2.90. The molecule has 4 nitrogen and oxygen atoms in total. The predicted octanol–water partition coefficient (Wildman–Crippen LogP) is 1.59. The van der Waals surface area contributed by atoms with E-state index in [1.54, 1.807) is 11.9 Å². The van der Waals surface area contributed by atoms with Crippen molar-refractivity contribution < 1.29 is 13.0 Å². The summed E-state index contributed by atoms with van der Waals surface area (Å²) in [4.78, 5) is 0.383. The fourth-order valence-electron chi connectivity index (χ4n) is 2.13. The van der Waals surface area contributed by atoms with E-state index in [1.807, 2.05) is 25.1 Å². The Kier molecular flexibility index (Phi) is 2.29. The molecule has 1 heterocycles. The van der Waals surface area contributed by atoms with E-state index < -0.39 is 15.0 Å². The van der Waals surface area contributed by atoms with Crippen molar-refractivity contribution in [2.45, 2.75) is 25.1 Å². The quantitative estimate of drug-likeness (QED) is 0.759. The Morgan fingerprint density at radius 2 is 2.06 bits per heavy atom. The van der Waals surface area contributed by atoms with Crippen molar-refractivity contribution >= 4 is 15.8 Å². The summed E-state index contributed by atoms with van der Waals surface area (Å²) in [6, 6.07) is 5.80. The molecule has 0 bridgehead atoms. The third-order valence-corrected chi connectivity index (χ3v) is 4.92.